The zero-order valence-electron chi connectivity index (χ0n) is 9.50. The lowest BCUT2D eigenvalue weighted by atomic mass is 9.96. The van der Waals surface area contributed by atoms with Crippen molar-refractivity contribution in [1.29, 1.82) is 0 Å². The lowest BCUT2D eigenvalue weighted by Gasteiger charge is -2.22. The summed E-state index contributed by atoms with van der Waals surface area (Å²) in [5.74, 6) is 0.344. The Bertz CT molecular complexity index is 460. The quantitative estimate of drug-likeness (QED) is 0.870. The summed E-state index contributed by atoms with van der Waals surface area (Å²) in [5.41, 5.74) is 0. The van der Waals surface area contributed by atoms with E-state index in [1.54, 1.807) is 0 Å². The molecule has 18 heavy (non-hydrogen) atoms. The Morgan fingerprint density at radius 2 is 2.06 bits per heavy atom. The lowest BCUT2D eigenvalue weighted by Crippen LogP contribution is -2.25. The van der Waals surface area contributed by atoms with Crippen LogP contribution in [0.2, 0.25) is 0 Å². The van der Waals surface area contributed by atoms with E-state index < -0.39 is 16.9 Å². The zero-order valence-corrected chi connectivity index (χ0v) is 10.3. The predicted molar refractivity (Wildman–Crippen MR) is 61.6 cm³/mol. The molecule has 1 heterocycles. The maximum atomic E-state index is 12.5. The molecule has 2 aliphatic rings. The minimum atomic E-state index is -4.53. The first-order valence-corrected chi connectivity index (χ1v) is 6.78. The van der Waals surface area contributed by atoms with Crippen molar-refractivity contribution in [3.63, 3.8) is 0 Å². The van der Waals surface area contributed by atoms with Crippen molar-refractivity contribution in [2.24, 2.45) is 11.8 Å². The Kier molecular flexibility index (Phi) is 2.69. The number of fused-ring (bicyclic) bond motifs is 2. The molecular weight excluding hydrogens is 265 g/mol. The van der Waals surface area contributed by atoms with Gasteiger partial charge in [-0.3, -0.25) is 0 Å². The van der Waals surface area contributed by atoms with E-state index in [0.29, 0.717) is 23.2 Å². The molecule has 3 atom stereocenters. The standard InChI is InChI=1S/C11H13F3N2OS/c12-11(13,14)8-9(17)16-10(18-8)15-7-4-5-1-2-6(7)3-5/h5-7,17H,1-4H2,(H,15,16)/t5-,6+,7+/m1/s1. The third kappa shape index (κ3) is 2.04. The number of halogens is 3. The topological polar surface area (TPSA) is 45.2 Å². The van der Waals surface area contributed by atoms with Gasteiger partial charge < -0.3 is 10.4 Å². The maximum absolute atomic E-state index is 12.5. The summed E-state index contributed by atoms with van der Waals surface area (Å²) >= 11 is 0.483. The molecule has 100 valence electrons. The van der Waals surface area contributed by atoms with E-state index in [-0.39, 0.29) is 11.2 Å². The van der Waals surface area contributed by atoms with Gasteiger partial charge in [-0.1, -0.05) is 17.8 Å². The molecule has 0 aliphatic heterocycles. The number of anilines is 1. The number of rotatable bonds is 2. The highest BCUT2D eigenvalue weighted by Crippen LogP contribution is 2.47. The molecule has 0 spiro atoms. The van der Waals surface area contributed by atoms with Crippen LogP contribution in [0.25, 0.3) is 0 Å². The number of alkyl halides is 3. The first kappa shape index (κ1) is 12.1. The Labute approximate surface area is 106 Å². The Balaban J connectivity index is 1.74. The first-order valence-electron chi connectivity index (χ1n) is 5.97. The molecule has 1 aromatic heterocycles. The Morgan fingerprint density at radius 3 is 2.56 bits per heavy atom. The van der Waals surface area contributed by atoms with E-state index in [0.717, 1.165) is 12.8 Å². The Morgan fingerprint density at radius 1 is 1.28 bits per heavy atom. The highest BCUT2D eigenvalue weighted by Gasteiger charge is 2.41. The molecule has 0 saturated heterocycles. The molecule has 2 N–H and O–H groups in total. The third-order valence-corrected chi connectivity index (χ3v) is 4.93. The third-order valence-electron chi connectivity index (χ3n) is 3.91. The fourth-order valence-electron chi connectivity index (χ4n) is 3.14. The van der Waals surface area contributed by atoms with Crippen molar-refractivity contribution < 1.29 is 18.3 Å². The van der Waals surface area contributed by atoms with Gasteiger partial charge in [-0.25, -0.2) is 0 Å². The van der Waals surface area contributed by atoms with Gasteiger partial charge >= 0.3 is 6.18 Å². The van der Waals surface area contributed by atoms with Crippen LogP contribution >= 0.6 is 11.3 Å². The lowest BCUT2D eigenvalue weighted by molar-refractivity contribution is -0.135. The van der Waals surface area contributed by atoms with E-state index >= 15 is 0 Å². The molecular formula is C11H13F3N2OS. The van der Waals surface area contributed by atoms with Crippen molar-refractivity contribution >= 4 is 16.5 Å². The first-order chi connectivity index (χ1) is 8.43. The maximum Gasteiger partial charge on any atom is 0.430 e. The minimum absolute atomic E-state index is 0.178. The molecule has 2 aliphatic carbocycles. The summed E-state index contributed by atoms with van der Waals surface area (Å²) in [4.78, 5) is 2.55. The van der Waals surface area contributed by atoms with Gasteiger partial charge in [-0.05, 0) is 31.1 Å². The second-order valence-electron chi connectivity index (χ2n) is 5.10. The number of thiazole rings is 1. The minimum Gasteiger partial charge on any atom is -0.492 e. The molecule has 2 fully saturated rings. The summed E-state index contributed by atoms with van der Waals surface area (Å²) < 4.78 is 37.5. The number of nitrogens with one attached hydrogen (secondary N) is 1. The van der Waals surface area contributed by atoms with Crippen LogP contribution in [0, 0.1) is 11.8 Å². The average Bonchev–Trinajstić information content (AvgIpc) is 2.92. The number of hydrogen-bond donors (Lipinski definition) is 2. The fraction of sp³-hybridized carbons (Fsp3) is 0.727. The number of aromatic hydroxyl groups is 1. The van der Waals surface area contributed by atoms with Crippen molar-refractivity contribution in [2.45, 2.75) is 37.9 Å². The van der Waals surface area contributed by atoms with Crippen molar-refractivity contribution in [1.82, 2.24) is 4.98 Å². The average molecular weight is 278 g/mol. The zero-order chi connectivity index (χ0) is 12.9. The van der Waals surface area contributed by atoms with Crippen LogP contribution in [0.5, 0.6) is 5.88 Å². The van der Waals surface area contributed by atoms with E-state index in [4.69, 9.17) is 0 Å². The van der Waals surface area contributed by atoms with Gasteiger partial charge in [-0.2, -0.15) is 18.2 Å². The molecule has 3 nitrogen and oxygen atoms in total. The summed E-state index contributed by atoms with van der Waals surface area (Å²) in [6.07, 6.45) is 0.0233. The molecule has 2 saturated carbocycles. The molecule has 0 unspecified atom stereocenters. The van der Waals surface area contributed by atoms with Gasteiger partial charge in [-0.15, -0.1) is 0 Å². The fourth-order valence-corrected chi connectivity index (χ4v) is 3.93. The SMILES string of the molecule is Oc1nc(N[C@H]2C[C@@H]3CC[C@H]2C3)sc1C(F)(F)F. The summed E-state index contributed by atoms with van der Waals surface area (Å²) in [6, 6.07) is 0.218. The van der Waals surface area contributed by atoms with Crippen LogP contribution in [-0.2, 0) is 6.18 Å². The molecule has 7 heteroatoms. The molecule has 0 aromatic carbocycles. The largest absolute Gasteiger partial charge is 0.492 e. The van der Waals surface area contributed by atoms with Crippen LogP contribution in [0.1, 0.15) is 30.6 Å². The van der Waals surface area contributed by atoms with Crippen molar-refractivity contribution in [3.05, 3.63) is 4.88 Å². The van der Waals surface area contributed by atoms with Crippen LogP contribution in [-0.4, -0.2) is 16.1 Å². The summed E-state index contributed by atoms with van der Waals surface area (Å²) in [5, 5.41) is 12.4. The highest BCUT2D eigenvalue weighted by molar-refractivity contribution is 7.16. The van der Waals surface area contributed by atoms with Crippen LogP contribution in [0.4, 0.5) is 18.3 Å². The smallest absolute Gasteiger partial charge is 0.430 e. The summed E-state index contributed by atoms with van der Waals surface area (Å²) in [7, 11) is 0. The van der Waals surface area contributed by atoms with Crippen molar-refractivity contribution in [2.75, 3.05) is 5.32 Å². The number of nitrogens with zero attached hydrogens (tertiary/aromatic N) is 1. The summed E-state index contributed by atoms with van der Waals surface area (Å²) in [6.45, 7) is 0. The van der Waals surface area contributed by atoms with E-state index in [2.05, 4.69) is 10.3 Å². The number of aromatic nitrogens is 1. The van der Waals surface area contributed by atoms with E-state index in [1.807, 2.05) is 0 Å². The molecule has 0 radical (unpaired) electrons. The van der Waals surface area contributed by atoms with Gasteiger partial charge in [0.15, 0.2) is 10.0 Å². The van der Waals surface area contributed by atoms with Gasteiger partial charge in [0.05, 0.1) is 0 Å². The van der Waals surface area contributed by atoms with Gasteiger partial charge in [0.1, 0.15) is 0 Å². The second-order valence-corrected chi connectivity index (χ2v) is 6.09. The van der Waals surface area contributed by atoms with E-state index in [1.165, 1.54) is 12.8 Å². The molecule has 2 bridgehead atoms. The molecule has 3 rings (SSSR count). The van der Waals surface area contributed by atoms with Crippen LogP contribution in [0.3, 0.4) is 0 Å². The molecule has 1 aromatic rings. The Hall–Kier alpha value is -0.980. The molecule has 0 amide bonds. The van der Waals surface area contributed by atoms with Gasteiger partial charge in [0, 0.05) is 6.04 Å². The van der Waals surface area contributed by atoms with Crippen LogP contribution in [0.15, 0.2) is 0 Å². The van der Waals surface area contributed by atoms with Crippen molar-refractivity contribution in [3.8, 4) is 5.88 Å². The normalized spacial score (nSPS) is 30.9. The predicted octanol–water partition coefficient (Wildman–Crippen LogP) is 3.47. The van der Waals surface area contributed by atoms with E-state index in [9.17, 15) is 18.3 Å². The highest BCUT2D eigenvalue weighted by atomic mass is 32.1. The monoisotopic (exact) mass is 278 g/mol. The van der Waals surface area contributed by atoms with Gasteiger partial charge in [0.2, 0.25) is 5.88 Å². The number of hydrogen-bond acceptors (Lipinski definition) is 4. The second kappa shape index (κ2) is 4.01. The van der Waals surface area contributed by atoms with Gasteiger partial charge in [0.25, 0.3) is 0 Å². The van der Waals surface area contributed by atoms with Crippen LogP contribution < -0.4 is 5.32 Å².